The number of rotatable bonds is 4. The van der Waals surface area contributed by atoms with E-state index in [4.69, 9.17) is 10.5 Å². The van der Waals surface area contributed by atoms with Crippen molar-refractivity contribution in [1.29, 1.82) is 0 Å². The summed E-state index contributed by atoms with van der Waals surface area (Å²) in [4.78, 5) is 0. The van der Waals surface area contributed by atoms with Gasteiger partial charge in [0.1, 0.15) is 0 Å². The highest BCUT2D eigenvalue weighted by Gasteiger charge is 2.15. The molecule has 0 atom stereocenters. The van der Waals surface area contributed by atoms with Crippen LogP contribution < -0.4 is 10.5 Å². The van der Waals surface area contributed by atoms with Crippen LogP contribution in [-0.2, 0) is 6.42 Å². The Hall–Kier alpha value is -1.53. The predicted molar refractivity (Wildman–Crippen MR) is 73.3 cm³/mol. The number of ether oxygens (including phenoxy) is 1. The summed E-state index contributed by atoms with van der Waals surface area (Å²) >= 11 is 3.13. The molecule has 0 fully saturated rings. The molecule has 2 nitrogen and oxygen atoms in total. The van der Waals surface area contributed by atoms with Crippen LogP contribution in [0.1, 0.15) is 5.56 Å². The van der Waals surface area contributed by atoms with Gasteiger partial charge in [0.25, 0.3) is 0 Å². The first-order chi connectivity index (χ1) is 9.51. The van der Waals surface area contributed by atoms with Crippen LogP contribution in [0.4, 0.5) is 13.2 Å². The summed E-state index contributed by atoms with van der Waals surface area (Å²) in [5.74, 6) is -3.40. The van der Waals surface area contributed by atoms with Gasteiger partial charge in [0.15, 0.2) is 29.0 Å². The Morgan fingerprint density at radius 1 is 1.00 bits per heavy atom. The first-order valence-electron chi connectivity index (χ1n) is 5.82. The lowest BCUT2D eigenvalue weighted by molar-refractivity contribution is 0.386. The van der Waals surface area contributed by atoms with Crippen LogP contribution in [0.25, 0.3) is 0 Å². The van der Waals surface area contributed by atoms with Crippen molar-refractivity contribution in [3.05, 3.63) is 57.8 Å². The van der Waals surface area contributed by atoms with Gasteiger partial charge >= 0.3 is 0 Å². The van der Waals surface area contributed by atoms with E-state index in [0.29, 0.717) is 16.5 Å². The molecular weight excluding hydrogens is 335 g/mol. The standard InChI is InChI=1S/C14H11BrF3NO/c15-9-1-2-10(16)13(7-9)20-14-11(17)5-8(3-4-19)6-12(14)18/h1-2,5-7H,3-4,19H2. The summed E-state index contributed by atoms with van der Waals surface area (Å²) < 4.78 is 46.7. The SMILES string of the molecule is NCCc1cc(F)c(Oc2cc(Br)ccc2F)c(F)c1. The molecule has 0 aromatic heterocycles. The summed E-state index contributed by atoms with van der Waals surface area (Å²) in [5.41, 5.74) is 5.75. The summed E-state index contributed by atoms with van der Waals surface area (Å²) in [6.45, 7) is 0.277. The van der Waals surface area contributed by atoms with Gasteiger partial charge in [-0.2, -0.15) is 0 Å². The number of hydrogen-bond acceptors (Lipinski definition) is 2. The molecule has 0 aliphatic rings. The van der Waals surface area contributed by atoms with Crippen LogP contribution in [-0.4, -0.2) is 6.54 Å². The van der Waals surface area contributed by atoms with Gasteiger partial charge in [0.2, 0.25) is 0 Å². The molecule has 2 aromatic rings. The van der Waals surface area contributed by atoms with Crippen LogP contribution in [0.15, 0.2) is 34.8 Å². The predicted octanol–water partition coefficient (Wildman–Crippen LogP) is 4.16. The van der Waals surface area contributed by atoms with E-state index in [2.05, 4.69) is 15.9 Å². The summed E-state index contributed by atoms with van der Waals surface area (Å²) in [6.07, 6.45) is 0.347. The smallest absolute Gasteiger partial charge is 0.198 e. The van der Waals surface area contributed by atoms with Crippen LogP contribution in [0, 0.1) is 17.5 Å². The summed E-state index contributed by atoms with van der Waals surface area (Å²) in [6, 6.07) is 6.14. The highest BCUT2D eigenvalue weighted by atomic mass is 79.9. The molecule has 2 N–H and O–H groups in total. The van der Waals surface area contributed by atoms with E-state index in [1.807, 2.05) is 0 Å². The second-order valence-corrected chi connectivity index (χ2v) is 5.02. The third kappa shape index (κ3) is 3.32. The molecule has 0 heterocycles. The molecule has 6 heteroatoms. The lowest BCUT2D eigenvalue weighted by atomic mass is 10.1. The monoisotopic (exact) mass is 345 g/mol. The number of benzene rings is 2. The van der Waals surface area contributed by atoms with Gasteiger partial charge in [0.05, 0.1) is 0 Å². The van der Waals surface area contributed by atoms with Crippen molar-refractivity contribution < 1.29 is 17.9 Å². The number of halogens is 4. The van der Waals surface area contributed by atoms with Gasteiger partial charge in [-0.25, -0.2) is 13.2 Å². The van der Waals surface area contributed by atoms with Crippen molar-refractivity contribution in [2.45, 2.75) is 6.42 Å². The fourth-order valence-electron chi connectivity index (χ4n) is 1.69. The Balaban J connectivity index is 2.36. The molecule has 0 bridgehead atoms. The van der Waals surface area contributed by atoms with Crippen molar-refractivity contribution in [3.63, 3.8) is 0 Å². The first kappa shape index (κ1) is 14.9. The highest BCUT2D eigenvalue weighted by molar-refractivity contribution is 9.10. The molecule has 20 heavy (non-hydrogen) atoms. The molecule has 0 radical (unpaired) electrons. The van der Waals surface area contributed by atoms with Crippen molar-refractivity contribution in [3.8, 4) is 11.5 Å². The molecule has 2 rings (SSSR count). The molecule has 0 saturated carbocycles. The van der Waals surface area contributed by atoms with Crippen LogP contribution >= 0.6 is 15.9 Å². The Morgan fingerprint density at radius 2 is 1.65 bits per heavy atom. The maximum atomic E-state index is 13.8. The maximum Gasteiger partial charge on any atom is 0.198 e. The lowest BCUT2D eigenvalue weighted by Gasteiger charge is -2.10. The van der Waals surface area contributed by atoms with E-state index in [9.17, 15) is 13.2 Å². The fraction of sp³-hybridized carbons (Fsp3) is 0.143. The molecule has 106 valence electrons. The number of nitrogens with two attached hydrogens (primary N) is 1. The normalized spacial score (nSPS) is 10.7. The van der Waals surface area contributed by atoms with Gasteiger partial charge in [-0.1, -0.05) is 15.9 Å². The van der Waals surface area contributed by atoms with Gasteiger partial charge in [-0.15, -0.1) is 0 Å². The van der Waals surface area contributed by atoms with E-state index in [-0.39, 0.29) is 12.3 Å². The molecule has 0 aliphatic carbocycles. The molecule has 0 spiro atoms. The highest BCUT2D eigenvalue weighted by Crippen LogP contribution is 2.31. The lowest BCUT2D eigenvalue weighted by Crippen LogP contribution is -2.04. The zero-order valence-electron chi connectivity index (χ0n) is 10.3. The number of hydrogen-bond donors (Lipinski definition) is 1. The zero-order chi connectivity index (χ0) is 14.7. The van der Waals surface area contributed by atoms with Crippen molar-refractivity contribution in [1.82, 2.24) is 0 Å². The third-order valence-corrected chi connectivity index (χ3v) is 3.09. The van der Waals surface area contributed by atoms with E-state index < -0.39 is 23.2 Å². The Bertz CT molecular complexity index is 611. The Kier molecular flexibility index (Phi) is 4.67. The average Bonchev–Trinajstić information content (AvgIpc) is 2.38. The topological polar surface area (TPSA) is 35.2 Å². The van der Waals surface area contributed by atoms with Gasteiger partial charge in [-0.05, 0) is 48.9 Å². The second kappa shape index (κ2) is 6.28. The molecule has 0 amide bonds. The quantitative estimate of drug-likeness (QED) is 0.902. The average molecular weight is 346 g/mol. The van der Waals surface area contributed by atoms with Crippen LogP contribution in [0.5, 0.6) is 11.5 Å². The van der Waals surface area contributed by atoms with E-state index in [1.165, 1.54) is 12.1 Å². The van der Waals surface area contributed by atoms with Gasteiger partial charge in [0, 0.05) is 4.47 Å². The summed E-state index contributed by atoms with van der Waals surface area (Å²) in [5, 5.41) is 0. The minimum Gasteiger partial charge on any atom is -0.448 e. The van der Waals surface area contributed by atoms with E-state index in [0.717, 1.165) is 18.2 Å². The minimum atomic E-state index is -0.896. The van der Waals surface area contributed by atoms with Crippen molar-refractivity contribution >= 4 is 15.9 Å². The minimum absolute atomic E-state index is 0.260. The molecule has 0 saturated heterocycles. The van der Waals surface area contributed by atoms with Crippen LogP contribution in [0.3, 0.4) is 0 Å². The Morgan fingerprint density at radius 3 is 2.25 bits per heavy atom. The third-order valence-electron chi connectivity index (χ3n) is 2.60. The van der Waals surface area contributed by atoms with E-state index >= 15 is 0 Å². The van der Waals surface area contributed by atoms with E-state index in [1.54, 1.807) is 0 Å². The first-order valence-corrected chi connectivity index (χ1v) is 6.61. The second-order valence-electron chi connectivity index (χ2n) is 4.10. The van der Waals surface area contributed by atoms with Gasteiger partial charge in [-0.3, -0.25) is 0 Å². The maximum absolute atomic E-state index is 13.8. The van der Waals surface area contributed by atoms with Crippen molar-refractivity contribution in [2.24, 2.45) is 5.73 Å². The Labute approximate surface area is 122 Å². The van der Waals surface area contributed by atoms with Gasteiger partial charge < -0.3 is 10.5 Å². The zero-order valence-corrected chi connectivity index (χ0v) is 11.9. The molecule has 0 aliphatic heterocycles. The molecule has 2 aromatic carbocycles. The van der Waals surface area contributed by atoms with Crippen molar-refractivity contribution in [2.75, 3.05) is 6.54 Å². The molecular formula is C14H11BrF3NO. The van der Waals surface area contributed by atoms with Crippen LogP contribution in [0.2, 0.25) is 0 Å². The summed E-state index contributed by atoms with van der Waals surface area (Å²) in [7, 11) is 0. The molecule has 0 unspecified atom stereocenters. The fourth-order valence-corrected chi connectivity index (χ4v) is 2.03. The largest absolute Gasteiger partial charge is 0.448 e.